The van der Waals surface area contributed by atoms with Gasteiger partial charge in [-0.15, -0.1) is 0 Å². The average Bonchev–Trinajstić information content (AvgIpc) is 2.77. The molecule has 0 aromatic carbocycles. The Labute approximate surface area is 97.0 Å². The summed E-state index contributed by atoms with van der Waals surface area (Å²) in [6, 6.07) is 0.475. The topological polar surface area (TPSA) is 40.7 Å². The van der Waals surface area contributed by atoms with Gasteiger partial charge in [-0.05, 0) is 18.3 Å². The van der Waals surface area contributed by atoms with Crippen LogP contribution in [0.25, 0.3) is 0 Å². The van der Waals surface area contributed by atoms with Gasteiger partial charge in [0.05, 0.1) is 18.1 Å². The van der Waals surface area contributed by atoms with Crippen LogP contribution in [0, 0.1) is 5.41 Å². The van der Waals surface area contributed by atoms with Gasteiger partial charge in [-0.3, -0.25) is 0 Å². The van der Waals surface area contributed by atoms with Gasteiger partial charge in [0.15, 0.2) is 0 Å². The molecule has 0 bridgehead atoms. The molecule has 1 aliphatic carbocycles. The van der Waals surface area contributed by atoms with Crippen LogP contribution in [-0.2, 0) is 6.42 Å². The quantitative estimate of drug-likeness (QED) is 0.762. The molecule has 3 rings (SSSR count). The molecule has 0 amide bonds. The second kappa shape index (κ2) is 3.88. The fraction of sp³-hybridized carbons (Fsp3) is 0.769. The van der Waals surface area contributed by atoms with Gasteiger partial charge in [0.2, 0.25) is 0 Å². The van der Waals surface area contributed by atoms with Gasteiger partial charge in [-0.1, -0.05) is 26.2 Å². The second-order valence-electron chi connectivity index (χ2n) is 5.62. The first kappa shape index (κ1) is 10.3. The number of hydrogen-bond acceptors (Lipinski definition) is 2. The molecule has 1 unspecified atom stereocenters. The minimum atomic E-state index is 0.419. The third kappa shape index (κ3) is 1.58. The number of nitrogens with one attached hydrogen (secondary N) is 2. The lowest BCUT2D eigenvalue weighted by Crippen LogP contribution is -2.41. The molecule has 3 heteroatoms. The molecule has 1 atom stereocenters. The summed E-state index contributed by atoms with van der Waals surface area (Å²) in [6.45, 7) is 3.53. The van der Waals surface area contributed by atoms with Crippen molar-refractivity contribution in [1.82, 2.24) is 15.3 Å². The van der Waals surface area contributed by atoms with E-state index in [0.717, 1.165) is 13.0 Å². The second-order valence-corrected chi connectivity index (χ2v) is 5.62. The summed E-state index contributed by atoms with van der Waals surface area (Å²) in [7, 11) is 0. The van der Waals surface area contributed by atoms with Gasteiger partial charge in [-0.2, -0.15) is 0 Å². The van der Waals surface area contributed by atoms with Crippen molar-refractivity contribution in [3.63, 3.8) is 0 Å². The molecular weight excluding hydrogens is 198 g/mol. The van der Waals surface area contributed by atoms with Crippen molar-refractivity contribution in [2.45, 2.75) is 51.5 Å². The van der Waals surface area contributed by atoms with Crippen LogP contribution in [0.15, 0.2) is 6.33 Å². The van der Waals surface area contributed by atoms with Crippen molar-refractivity contribution < 1.29 is 0 Å². The van der Waals surface area contributed by atoms with E-state index in [0.29, 0.717) is 11.5 Å². The fourth-order valence-electron chi connectivity index (χ4n) is 3.44. The Morgan fingerprint density at radius 1 is 1.31 bits per heavy atom. The summed E-state index contributed by atoms with van der Waals surface area (Å²) in [5, 5.41) is 3.69. The first-order valence-corrected chi connectivity index (χ1v) is 6.55. The summed E-state index contributed by atoms with van der Waals surface area (Å²) in [5.74, 6) is 0. The van der Waals surface area contributed by atoms with E-state index in [1.54, 1.807) is 0 Å². The van der Waals surface area contributed by atoms with Gasteiger partial charge < -0.3 is 10.3 Å². The minimum absolute atomic E-state index is 0.419. The number of rotatable bonds is 1. The zero-order valence-electron chi connectivity index (χ0n) is 10.1. The standard InChI is InChI=1S/C13H21N3/c1-13(6-3-2-4-7-13)12-11-10(5-8-14-12)15-9-16-11/h9,12,14H,2-8H2,1H3,(H,15,16). The lowest BCUT2D eigenvalue weighted by Gasteiger charge is -2.42. The lowest BCUT2D eigenvalue weighted by molar-refractivity contribution is 0.137. The van der Waals surface area contributed by atoms with Crippen LogP contribution in [0.3, 0.4) is 0 Å². The van der Waals surface area contributed by atoms with E-state index in [-0.39, 0.29) is 0 Å². The van der Waals surface area contributed by atoms with Crippen molar-refractivity contribution in [2.75, 3.05) is 6.54 Å². The molecule has 88 valence electrons. The molecular formula is C13H21N3. The van der Waals surface area contributed by atoms with Gasteiger partial charge >= 0.3 is 0 Å². The third-order valence-corrected chi connectivity index (χ3v) is 4.44. The summed E-state index contributed by atoms with van der Waals surface area (Å²) in [4.78, 5) is 7.83. The van der Waals surface area contributed by atoms with E-state index in [9.17, 15) is 0 Å². The predicted molar refractivity (Wildman–Crippen MR) is 64.2 cm³/mol. The maximum atomic E-state index is 4.54. The van der Waals surface area contributed by atoms with Crippen LogP contribution < -0.4 is 5.32 Å². The zero-order chi connectivity index (χ0) is 11.0. The summed E-state index contributed by atoms with van der Waals surface area (Å²) >= 11 is 0. The van der Waals surface area contributed by atoms with Crippen molar-refractivity contribution in [3.8, 4) is 0 Å². The zero-order valence-corrected chi connectivity index (χ0v) is 10.1. The highest BCUT2D eigenvalue weighted by molar-refractivity contribution is 5.22. The Morgan fingerprint density at radius 3 is 2.94 bits per heavy atom. The van der Waals surface area contributed by atoms with E-state index in [4.69, 9.17) is 0 Å². The average molecular weight is 219 g/mol. The van der Waals surface area contributed by atoms with Crippen LogP contribution in [0.1, 0.15) is 56.5 Å². The molecule has 1 saturated carbocycles. The Hall–Kier alpha value is -0.830. The molecule has 0 spiro atoms. The third-order valence-electron chi connectivity index (χ3n) is 4.44. The Bertz CT molecular complexity index is 363. The van der Waals surface area contributed by atoms with E-state index in [2.05, 4.69) is 22.2 Å². The molecule has 1 aromatic heterocycles. The highest BCUT2D eigenvalue weighted by Crippen LogP contribution is 2.46. The molecule has 2 aliphatic rings. The monoisotopic (exact) mass is 219 g/mol. The molecule has 1 aromatic rings. The van der Waals surface area contributed by atoms with Crippen LogP contribution in [0.5, 0.6) is 0 Å². The molecule has 3 nitrogen and oxygen atoms in total. The molecule has 0 radical (unpaired) electrons. The van der Waals surface area contributed by atoms with Crippen LogP contribution in [-0.4, -0.2) is 16.5 Å². The van der Waals surface area contributed by atoms with Crippen molar-refractivity contribution >= 4 is 0 Å². The smallest absolute Gasteiger partial charge is 0.0925 e. The molecule has 2 N–H and O–H groups in total. The molecule has 16 heavy (non-hydrogen) atoms. The molecule has 2 heterocycles. The van der Waals surface area contributed by atoms with Crippen LogP contribution in [0.4, 0.5) is 0 Å². The number of aromatic amines is 1. The lowest BCUT2D eigenvalue weighted by atomic mass is 9.68. The van der Waals surface area contributed by atoms with Crippen molar-refractivity contribution in [1.29, 1.82) is 0 Å². The van der Waals surface area contributed by atoms with Gasteiger partial charge in [0, 0.05) is 18.7 Å². The molecule has 1 aliphatic heterocycles. The minimum Gasteiger partial charge on any atom is -0.348 e. The van der Waals surface area contributed by atoms with Gasteiger partial charge in [0.1, 0.15) is 0 Å². The fourth-order valence-corrected chi connectivity index (χ4v) is 3.44. The first-order valence-electron chi connectivity index (χ1n) is 6.55. The van der Waals surface area contributed by atoms with Crippen LogP contribution in [0.2, 0.25) is 0 Å². The summed E-state index contributed by atoms with van der Waals surface area (Å²) in [5.41, 5.74) is 3.06. The predicted octanol–water partition coefficient (Wildman–Crippen LogP) is 2.57. The molecule has 1 fully saturated rings. The number of aromatic nitrogens is 2. The summed E-state index contributed by atoms with van der Waals surface area (Å²) in [6.07, 6.45) is 9.82. The van der Waals surface area contributed by atoms with Crippen molar-refractivity contribution in [3.05, 3.63) is 17.7 Å². The summed E-state index contributed by atoms with van der Waals surface area (Å²) < 4.78 is 0. The van der Waals surface area contributed by atoms with E-state index in [1.807, 2.05) is 6.33 Å². The van der Waals surface area contributed by atoms with E-state index < -0.39 is 0 Å². The normalized spacial score (nSPS) is 28.7. The highest BCUT2D eigenvalue weighted by atomic mass is 15.0. The molecule has 0 saturated heterocycles. The van der Waals surface area contributed by atoms with Gasteiger partial charge in [0.25, 0.3) is 0 Å². The highest BCUT2D eigenvalue weighted by Gasteiger charge is 2.39. The maximum Gasteiger partial charge on any atom is 0.0925 e. The number of imidazole rings is 1. The Balaban J connectivity index is 1.90. The number of fused-ring (bicyclic) bond motifs is 1. The number of H-pyrrole nitrogens is 1. The number of nitrogens with zero attached hydrogens (tertiary/aromatic N) is 1. The maximum absolute atomic E-state index is 4.54. The van der Waals surface area contributed by atoms with Crippen LogP contribution >= 0.6 is 0 Å². The van der Waals surface area contributed by atoms with Crippen molar-refractivity contribution in [2.24, 2.45) is 5.41 Å². The SMILES string of the molecule is CC1(C2NCCc3[nH]cnc32)CCCCC1. The number of hydrogen-bond donors (Lipinski definition) is 2. The van der Waals surface area contributed by atoms with E-state index >= 15 is 0 Å². The first-order chi connectivity index (χ1) is 7.80. The Kier molecular flexibility index (Phi) is 2.51. The van der Waals surface area contributed by atoms with Gasteiger partial charge in [-0.25, -0.2) is 4.98 Å². The largest absolute Gasteiger partial charge is 0.348 e. The van der Waals surface area contributed by atoms with E-state index in [1.165, 1.54) is 43.5 Å². The Morgan fingerprint density at radius 2 is 2.12 bits per heavy atom.